The van der Waals surface area contributed by atoms with Gasteiger partial charge in [0.05, 0.1) is 0 Å². The maximum absolute atomic E-state index is 12.2. The third-order valence-electron chi connectivity index (χ3n) is 3.18. The monoisotopic (exact) mass is 377 g/mol. The van der Waals surface area contributed by atoms with Gasteiger partial charge in [-0.15, -0.1) is 0 Å². The van der Waals surface area contributed by atoms with Crippen molar-refractivity contribution in [2.75, 3.05) is 26.7 Å². The maximum Gasteiger partial charge on any atom is 0.279 e. The lowest BCUT2D eigenvalue weighted by Gasteiger charge is -2.21. The molecule has 0 aliphatic heterocycles. The number of rotatable bonds is 9. The zero-order valence-corrected chi connectivity index (χ0v) is 15.2. The van der Waals surface area contributed by atoms with Crippen LogP contribution in [0.2, 0.25) is 0 Å². The SMILES string of the molecule is CCNCCCN(C)S(=O)(=O)NC(C)c1ccc(Br)cc1. The Morgan fingerprint density at radius 1 is 1.29 bits per heavy atom. The lowest BCUT2D eigenvalue weighted by Crippen LogP contribution is -2.40. The van der Waals surface area contributed by atoms with Crippen molar-refractivity contribution in [1.82, 2.24) is 14.3 Å². The van der Waals surface area contributed by atoms with Crippen LogP contribution in [0.4, 0.5) is 0 Å². The van der Waals surface area contributed by atoms with E-state index in [-0.39, 0.29) is 6.04 Å². The summed E-state index contributed by atoms with van der Waals surface area (Å²) in [5.41, 5.74) is 0.933. The van der Waals surface area contributed by atoms with Crippen molar-refractivity contribution in [3.8, 4) is 0 Å². The van der Waals surface area contributed by atoms with Gasteiger partial charge in [-0.2, -0.15) is 17.4 Å². The molecule has 1 aromatic carbocycles. The summed E-state index contributed by atoms with van der Waals surface area (Å²) >= 11 is 3.37. The van der Waals surface area contributed by atoms with E-state index >= 15 is 0 Å². The summed E-state index contributed by atoms with van der Waals surface area (Å²) in [6.07, 6.45) is 0.790. The van der Waals surface area contributed by atoms with Crippen LogP contribution in [0.25, 0.3) is 0 Å². The van der Waals surface area contributed by atoms with E-state index in [1.165, 1.54) is 4.31 Å². The Hall–Kier alpha value is -0.470. The smallest absolute Gasteiger partial charge is 0.279 e. The molecule has 0 fully saturated rings. The van der Waals surface area contributed by atoms with Crippen molar-refractivity contribution >= 4 is 26.1 Å². The first kappa shape index (κ1) is 18.6. The van der Waals surface area contributed by atoms with Crippen LogP contribution in [0.5, 0.6) is 0 Å². The molecule has 0 aliphatic carbocycles. The van der Waals surface area contributed by atoms with Gasteiger partial charge in [-0.25, -0.2) is 0 Å². The largest absolute Gasteiger partial charge is 0.317 e. The fraction of sp³-hybridized carbons (Fsp3) is 0.571. The highest BCUT2D eigenvalue weighted by Crippen LogP contribution is 2.17. The topological polar surface area (TPSA) is 61.4 Å². The summed E-state index contributed by atoms with van der Waals surface area (Å²) in [5.74, 6) is 0. The van der Waals surface area contributed by atoms with E-state index in [9.17, 15) is 8.42 Å². The van der Waals surface area contributed by atoms with Gasteiger partial charge in [-0.3, -0.25) is 0 Å². The molecule has 0 radical (unpaired) electrons. The Morgan fingerprint density at radius 2 is 1.90 bits per heavy atom. The zero-order chi connectivity index (χ0) is 15.9. The number of halogens is 1. The van der Waals surface area contributed by atoms with E-state index in [0.29, 0.717) is 6.54 Å². The van der Waals surface area contributed by atoms with Crippen LogP contribution in [0.15, 0.2) is 28.7 Å². The summed E-state index contributed by atoms with van der Waals surface area (Å²) in [5, 5.41) is 3.18. The van der Waals surface area contributed by atoms with Crippen molar-refractivity contribution in [3.63, 3.8) is 0 Å². The third-order valence-corrected chi connectivity index (χ3v) is 5.37. The molecule has 1 atom stereocenters. The maximum atomic E-state index is 12.2. The summed E-state index contributed by atoms with van der Waals surface area (Å²) in [4.78, 5) is 0. The van der Waals surface area contributed by atoms with E-state index in [4.69, 9.17) is 0 Å². The molecule has 21 heavy (non-hydrogen) atoms. The molecular weight excluding hydrogens is 354 g/mol. The zero-order valence-electron chi connectivity index (χ0n) is 12.8. The highest BCUT2D eigenvalue weighted by atomic mass is 79.9. The molecule has 0 amide bonds. The van der Waals surface area contributed by atoms with Gasteiger partial charge in [-0.1, -0.05) is 35.0 Å². The second-order valence-corrected chi connectivity index (χ2v) is 7.65. The molecule has 120 valence electrons. The quantitative estimate of drug-likeness (QED) is 0.648. The Labute approximate surface area is 136 Å². The standard InChI is InChI=1S/C14H24BrN3O2S/c1-4-16-10-5-11-18(3)21(19,20)17-12(2)13-6-8-14(15)9-7-13/h6-9,12,16-17H,4-5,10-11H2,1-3H3. The summed E-state index contributed by atoms with van der Waals surface area (Å²) in [6, 6.07) is 7.35. The molecule has 2 N–H and O–H groups in total. The van der Waals surface area contributed by atoms with Crippen molar-refractivity contribution in [2.45, 2.75) is 26.3 Å². The van der Waals surface area contributed by atoms with Crippen molar-refractivity contribution in [1.29, 1.82) is 0 Å². The fourth-order valence-corrected chi connectivity index (χ4v) is 3.25. The lowest BCUT2D eigenvalue weighted by atomic mass is 10.1. The van der Waals surface area contributed by atoms with Gasteiger partial charge in [0.25, 0.3) is 10.2 Å². The number of nitrogens with one attached hydrogen (secondary N) is 2. The van der Waals surface area contributed by atoms with E-state index in [1.54, 1.807) is 7.05 Å². The molecule has 0 aliphatic rings. The molecule has 1 rings (SSSR count). The summed E-state index contributed by atoms with van der Waals surface area (Å²) in [6.45, 7) is 6.08. The van der Waals surface area contributed by atoms with Gasteiger partial charge in [0.1, 0.15) is 0 Å². The molecule has 0 saturated carbocycles. The van der Waals surface area contributed by atoms with E-state index in [1.807, 2.05) is 38.1 Å². The van der Waals surface area contributed by atoms with Crippen LogP contribution in [-0.2, 0) is 10.2 Å². The lowest BCUT2D eigenvalue weighted by molar-refractivity contribution is 0.439. The molecule has 7 heteroatoms. The summed E-state index contributed by atoms with van der Waals surface area (Å²) in [7, 11) is -1.86. The van der Waals surface area contributed by atoms with Crippen LogP contribution >= 0.6 is 15.9 Å². The van der Waals surface area contributed by atoms with Crippen LogP contribution in [0.1, 0.15) is 31.9 Å². The van der Waals surface area contributed by atoms with E-state index in [0.717, 1.165) is 29.5 Å². The third kappa shape index (κ3) is 6.44. The first-order chi connectivity index (χ1) is 9.86. The molecule has 5 nitrogen and oxygen atoms in total. The Kier molecular flexibility index (Phi) is 7.83. The average molecular weight is 378 g/mol. The van der Waals surface area contributed by atoms with Crippen LogP contribution in [0, 0.1) is 0 Å². The second-order valence-electron chi connectivity index (χ2n) is 4.92. The molecule has 0 aromatic heterocycles. The van der Waals surface area contributed by atoms with Crippen LogP contribution in [0.3, 0.4) is 0 Å². The van der Waals surface area contributed by atoms with Crippen LogP contribution in [-0.4, -0.2) is 39.4 Å². The predicted molar refractivity (Wildman–Crippen MR) is 90.4 cm³/mol. The highest BCUT2D eigenvalue weighted by molar-refractivity contribution is 9.10. The normalized spacial score (nSPS) is 13.6. The Morgan fingerprint density at radius 3 is 2.48 bits per heavy atom. The molecular formula is C14H24BrN3O2S. The van der Waals surface area contributed by atoms with Gasteiger partial charge >= 0.3 is 0 Å². The molecule has 0 saturated heterocycles. The molecule has 0 spiro atoms. The van der Waals surface area contributed by atoms with Gasteiger partial charge in [-0.05, 0) is 44.1 Å². The summed E-state index contributed by atoms with van der Waals surface area (Å²) < 4.78 is 29.5. The average Bonchev–Trinajstić information content (AvgIpc) is 2.43. The minimum atomic E-state index is -3.46. The number of nitrogens with zero attached hydrogens (tertiary/aromatic N) is 1. The van der Waals surface area contributed by atoms with Crippen LogP contribution < -0.4 is 10.0 Å². The first-order valence-electron chi connectivity index (χ1n) is 7.06. The Bertz CT molecular complexity index is 520. The van der Waals surface area contributed by atoms with Gasteiger partial charge in [0.2, 0.25) is 0 Å². The minimum absolute atomic E-state index is 0.265. The molecule has 0 bridgehead atoms. The highest BCUT2D eigenvalue weighted by Gasteiger charge is 2.20. The van der Waals surface area contributed by atoms with Gasteiger partial charge in [0.15, 0.2) is 0 Å². The minimum Gasteiger partial charge on any atom is -0.317 e. The van der Waals surface area contributed by atoms with Crippen molar-refractivity contribution in [3.05, 3.63) is 34.3 Å². The number of hydrogen-bond donors (Lipinski definition) is 2. The number of benzene rings is 1. The Balaban J connectivity index is 2.56. The molecule has 1 aromatic rings. The van der Waals surface area contributed by atoms with E-state index < -0.39 is 10.2 Å². The van der Waals surface area contributed by atoms with Crippen molar-refractivity contribution in [2.24, 2.45) is 0 Å². The molecule has 1 unspecified atom stereocenters. The van der Waals surface area contributed by atoms with E-state index in [2.05, 4.69) is 26.0 Å². The van der Waals surface area contributed by atoms with Crippen molar-refractivity contribution < 1.29 is 8.42 Å². The van der Waals surface area contributed by atoms with Gasteiger partial charge < -0.3 is 5.32 Å². The molecule has 0 heterocycles. The predicted octanol–water partition coefficient (Wildman–Crippen LogP) is 2.28. The second kappa shape index (κ2) is 8.85. The first-order valence-corrected chi connectivity index (χ1v) is 9.30. The fourth-order valence-electron chi connectivity index (χ4n) is 1.86. The van der Waals surface area contributed by atoms with Gasteiger partial charge in [0, 0.05) is 24.1 Å². The number of hydrogen-bond acceptors (Lipinski definition) is 3.